The minimum Gasteiger partial charge on any atom is -0.319 e. The van der Waals surface area contributed by atoms with Gasteiger partial charge in [0.25, 0.3) is 0 Å². The molecule has 0 aromatic heterocycles. The minimum absolute atomic E-state index is 0. The number of rotatable bonds is 1. The van der Waals surface area contributed by atoms with Gasteiger partial charge in [-0.15, -0.1) is 0 Å². The van der Waals surface area contributed by atoms with Crippen LogP contribution in [-0.4, -0.2) is 11.8 Å². The van der Waals surface area contributed by atoms with Gasteiger partial charge >= 0.3 is 0 Å². The van der Waals surface area contributed by atoms with E-state index in [2.05, 4.69) is 27.4 Å². The third-order valence-electron chi connectivity index (χ3n) is 6.74. The maximum atomic E-state index is 13.6. The summed E-state index contributed by atoms with van der Waals surface area (Å²) in [6.45, 7) is 8.58. The molecule has 0 heterocycles. The van der Waals surface area contributed by atoms with E-state index >= 15 is 0 Å². The van der Waals surface area contributed by atoms with Gasteiger partial charge in [-0.05, 0) is 113 Å². The molecule has 152 valence electrons. The standard InChI is InChI=1S/C19H31OP.C5H5.Co/c1-19(2,3)21(4,20)18-13-14-9-5-6-10-15(14)16-11-7-8-12-17(16)18;1-2-4-5-3-1;/h14H,5-13H2,1-4H3;1-5H;/t14-,21+;;/m1../s1. The molecule has 0 aromatic rings. The van der Waals surface area contributed by atoms with Gasteiger partial charge in [-0.3, -0.25) is 0 Å². The van der Waals surface area contributed by atoms with Crippen molar-refractivity contribution in [3.8, 4) is 0 Å². The van der Waals surface area contributed by atoms with E-state index in [1.807, 2.05) is 32.1 Å². The maximum absolute atomic E-state index is 13.6. The van der Waals surface area contributed by atoms with Crippen molar-refractivity contribution in [2.75, 3.05) is 6.66 Å². The van der Waals surface area contributed by atoms with E-state index in [1.54, 1.807) is 16.7 Å². The summed E-state index contributed by atoms with van der Waals surface area (Å²) in [5.74, 6) is 0.723. The normalized spacial score (nSPS) is 27.6. The molecular formula is C24H36CoOP. The fourth-order valence-corrected chi connectivity index (χ4v) is 6.94. The Kier molecular flexibility index (Phi) is 8.54. The second kappa shape index (κ2) is 9.81. The monoisotopic (exact) mass is 430 g/mol. The van der Waals surface area contributed by atoms with Crippen LogP contribution in [0.15, 0.2) is 22.0 Å². The van der Waals surface area contributed by atoms with Crippen LogP contribution in [0.1, 0.15) is 78.6 Å². The minimum atomic E-state index is -2.26. The van der Waals surface area contributed by atoms with Crippen LogP contribution in [0.3, 0.4) is 0 Å². The van der Waals surface area contributed by atoms with Crippen molar-refractivity contribution in [2.24, 2.45) is 5.92 Å². The third-order valence-corrected chi connectivity index (χ3v) is 10.8. The molecule has 4 aliphatic rings. The number of fused-ring (bicyclic) bond motifs is 2. The quantitative estimate of drug-likeness (QED) is 0.393. The van der Waals surface area contributed by atoms with E-state index in [0.29, 0.717) is 0 Å². The average molecular weight is 430 g/mol. The SMILES string of the molecule is CC(C)(C)[P@@](C)(=O)C1=C2CCCCC2=C2CCCC[C@@H]2C1.[CH]1[CH][CH][CH][CH]1.[Co]. The first-order valence-electron chi connectivity index (χ1n) is 10.5. The number of hydrogen-bond acceptors (Lipinski definition) is 1. The van der Waals surface area contributed by atoms with Crippen LogP contribution in [0, 0.1) is 38.0 Å². The summed E-state index contributed by atoms with van der Waals surface area (Å²) >= 11 is 0. The molecule has 0 aliphatic heterocycles. The van der Waals surface area contributed by atoms with Crippen molar-refractivity contribution in [3.05, 3.63) is 54.1 Å². The fraction of sp³-hybridized carbons (Fsp3) is 0.625. The second-order valence-corrected chi connectivity index (χ2v) is 13.1. The molecule has 0 bridgehead atoms. The Bertz CT molecular complexity index is 611. The topological polar surface area (TPSA) is 17.1 Å². The van der Waals surface area contributed by atoms with E-state index in [9.17, 15) is 4.57 Å². The molecule has 0 N–H and O–H groups in total. The predicted octanol–water partition coefficient (Wildman–Crippen LogP) is 7.52. The summed E-state index contributed by atoms with van der Waals surface area (Å²) in [6, 6.07) is 0. The van der Waals surface area contributed by atoms with Crippen molar-refractivity contribution in [1.29, 1.82) is 0 Å². The summed E-state index contributed by atoms with van der Waals surface area (Å²) in [6.07, 6.45) is 21.6. The smallest absolute Gasteiger partial charge is 0.114 e. The van der Waals surface area contributed by atoms with Gasteiger partial charge in [0, 0.05) is 21.9 Å². The second-order valence-electron chi connectivity index (χ2n) is 9.34. The Hall–Kier alpha value is 0.216. The summed E-state index contributed by atoms with van der Waals surface area (Å²) < 4.78 is 13.6. The van der Waals surface area contributed by atoms with Crippen LogP contribution in [-0.2, 0) is 21.3 Å². The van der Waals surface area contributed by atoms with Crippen molar-refractivity contribution >= 4 is 7.14 Å². The molecule has 3 saturated carbocycles. The molecule has 0 saturated heterocycles. The van der Waals surface area contributed by atoms with E-state index in [-0.39, 0.29) is 21.9 Å². The molecule has 4 aliphatic carbocycles. The van der Waals surface area contributed by atoms with E-state index in [1.165, 1.54) is 56.7 Å². The van der Waals surface area contributed by atoms with Crippen LogP contribution >= 0.6 is 7.14 Å². The van der Waals surface area contributed by atoms with Gasteiger partial charge in [-0.25, -0.2) is 0 Å². The summed E-state index contributed by atoms with van der Waals surface area (Å²) in [4.78, 5) is 0. The molecule has 2 atom stereocenters. The molecule has 6 radical (unpaired) electrons. The zero-order valence-corrected chi connectivity index (χ0v) is 19.5. The number of allylic oxidation sites excluding steroid dienone is 4. The Labute approximate surface area is 178 Å². The molecule has 0 amide bonds. The molecule has 3 heteroatoms. The third kappa shape index (κ3) is 5.23. The van der Waals surface area contributed by atoms with Gasteiger partial charge in [0.15, 0.2) is 0 Å². The first-order chi connectivity index (χ1) is 12.3. The number of hydrogen-bond donors (Lipinski definition) is 0. The molecule has 0 spiro atoms. The molecule has 27 heavy (non-hydrogen) atoms. The van der Waals surface area contributed by atoms with E-state index in [0.717, 1.165) is 12.3 Å². The van der Waals surface area contributed by atoms with Crippen LogP contribution in [0.4, 0.5) is 0 Å². The Morgan fingerprint density at radius 2 is 1.37 bits per heavy atom. The van der Waals surface area contributed by atoms with Crippen LogP contribution in [0.2, 0.25) is 0 Å². The predicted molar refractivity (Wildman–Crippen MR) is 114 cm³/mol. The van der Waals surface area contributed by atoms with Crippen LogP contribution in [0.5, 0.6) is 0 Å². The Morgan fingerprint density at radius 1 is 0.852 bits per heavy atom. The zero-order valence-electron chi connectivity index (χ0n) is 17.5. The van der Waals surface area contributed by atoms with Gasteiger partial charge in [0.05, 0.1) is 0 Å². The van der Waals surface area contributed by atoms with Gasteiger partial charge in [0.2, 0.25) is 0 Å². The van der Waals surface area contributed by atoms with Gasteiger partial charge < -0.3 is 4.57 Å². The first-order valence-corrected chi connectivity index (χ1v) is 12.7. The Morgan fingerprint density at radius 3 is 1.93 bits per heavy atom. The summed E-state index contributed by atoms with van der Waals surface area (Å²) in [5, 5.41) is 1.30. The van der Waals surface area contributed by atoms with Gasteiger partial charge in [0.1, 0.15) is 7.14 Å². The molecule has 0 aromatic carbocycles. The maximum Gasteiger partial charge on any atom is 0.114 e. The molecule has 1 nitrogen and oxygen atoms in total. The summed E-state index contributed by atoms with van der Waals surface area (Å²) in [7, 11) is -2.26. The Balaban J connectivity index is 0.000000379. The molecule has 3 fully saturated rings. The molecule has 0 unspecified atom stereocenters. The fourth-order valence-electron chi connectivity index (χ4n) is 4.80. The largest absolute Gasteiger partial charge is 0.319 e. The summed E-state index contributed by atoms with van der Waals surface area (Å²) in [5.41, 5.74) is 4.99. The van der Waals surface area contributed by atoms with E-state index < -0.39 is 7.14 Å². The van der Waals surface area contributed by atoms with Crippen molar-refractivity contribution in [1.82, 2.24) is 0 Å². The first kappa shape index (κ1) is 23.5. The van der Waals surface area contributed by atoms with Gasteiger partial charge in [-0.2, -0.15) is 0 Å². The van der Waals surface area contributed by atoms with Crippen molar-refractivity contribution < 1.29 is 21.3 Å². The zero-order chi connectivity index (χ0) is 18.8. The molecular weight excluding hydrogens is 394 g/mol. The van der Waals surface area contributed by atoms with Crippen LogP contribution < -0.4 is 0 Å². The van der Waals surface area contributed by atoms with Gasteiger partial charge in [-0.1, -0.05) is 32.8 Å². The van der Waals surface area contributed by atoms with Crippen molar-refractivity contribution in [3.63, 3.8) is 0 Å². The van der Waals surface area contributed by atoms with Crippen LogP contribution in [0.25, 0.3) is 0 Å². The molecule has 4 rings (SSSR count). The van der Waals surface area contributed by atoms with Crippen molar-refractivity contribution in [2.45, 2.75) is 83.7 Å². The average Bonchev–Trinajstić information content (AvgIpc) is 3.20. The van der Waals surface area contributed by atoms with E-state index in [4.69, 9.17) is 0 Å².